The van der Waals surface area contributed by atoms with E-state index in [0.717, 1.165) is 0 Å². The van der Waals surface area contributed by atoms with E-state index in [0.29, 0.717) is 28.2 Å². The summed E-state index contributed by atoms with van der Waals surface area (Å²) in [6.07, 6.45) is 0. The van der Waals surface area contributed by atoms with Gasteiger partial charge in [-0.3, -0.25) is 4.57 Å². The number of methoxy groups -OCH3 is 1. The summed E-state index contributed by atoms with van der Waals surface area (Å²) in [5, 5.41) is 9.32. The van der Waals surface area contributed by atoms with Gasteiger partial charge in [0.15, 0.2) is 22.5 Å². The molecular weight excluding hydrogens is 420 g/mol. The molecule has 0 fully saturated rings. The average molecular weight is 440 g/mol. The second kappa shape index (κ2) is 10.0. The zero-order chi connectivity index (χ0) is 20.8. The van der Waals surface area contributed by atoms with Gasteiger partial charge < -0.3 is 9.47 Å². The van der Waals surface area contributed by atoms with Crippen molar-refractivity contribution >= 4 is 23.4 Å². The van der Waals surface area contributed by atoms with Crippen molar-refractivity contribution in [3.63, 3.8) is 0 Å². The number of para-hydroxylation sites is 1. The molecule has 0 unspecified atom stereocenters. The molecular formula is C20H20ClF2N3O2S. The zero-order valence-corrected chi connectivity index (χ0v) is 17.5. The second-order valence-corrected chi connectivity index (χ2v) is 7.63. The average Bonchev–Trinajstić information content (AvgIpc) is 3.10. The number of nitrogens with zero attached hydrogens (tertiary/aromatic N) is 3. The highest BCUT2D eigenvalue weighted by Crippen LogP contribution is 2.30. The highest BCUT2D eigenvalue weighted by atomic mass is 35.5. The maximum absolute atomic E-state index is 14.1. The first kappa shape index (κ1) is 21.5. The molecule has 0 saturated heterocycles. The Labute approximate surface area is 177 Å². The topological polar surface area (TPSA) is 49.2 Å². The lowest BCUT2D eigenvalue weighted by molar-refractivity contribution is 0.154. The van der Waals surface area contributed by atoms with E-state index in [2.05, 4.69) is 10.2 Å². The van der Waals surface area contributed by atoms with Gasteiger partial charge in [0.2, 0.25) is 0 Å². The molecule has 0 spiro atoms. The van der Waals surface area contributed by atoms with Crippen molar-refractivity contribution in [1.29, 1.82) is 0 Å². The van der Waals surface area contributed by atoms with Crippen molar-refractivity contribution < 1.29 is 18.3 Å². The summed E-state index contributed by atoms with van der Waals surface area (Å²) >= 11 is 7.42. The van der Waals surface area contributed by atoms with E-state index >= 15 is 0 Å². The Morgan fingerprint density at radius 2 is 1.86 bits per heavy atom. The van der Waals surface area contributed by atoms with Crippen LogP contribution in [0.25, 0.3) is 0 Å². The zero-order valence-electron chi connectivity index (χ0n) is 15.9. The molecule has 0 aliphatic carbocycles. The third-order valence-corrected chi connectivity index (χ3v) is 5.51. The van der Waals surface area contributed by atoms with Gasteiger partial charge in [-0.2, -0.15) is 0 Å². The summed E-state index contributed by atoms with van der Waals surface area (Å²) in [4.78, 5) is 0. The summed E-state index contributed by atoms with van der Waals surface area (Å²) in [7, 11) is 1.60. The molecule has 29 heavy (non-hydrogen) atoms. The molecule has 1 aromatic heterocycles. The number of rotatable bonds is 9. The van der Waals surface area contributed by atoms with Crippen LogP contribution in [0.15, 0.2) is 47.6 Å². The highest BCUT2D eigenvalue weighted by Gasteiger charge is 2.20. The van der Waals surface area contributed by atoms with Gasteiger partial charge in [-0.15, -0.1) is 10.2 Å². The summed E-state index contributed by atoms with van der Waals surface area (Å²) in [6.45, 7) is 2.39. The molecule has 1 atom stereocenters. The summed E-state index contributed by atoms with van der Waals surface area (Å²) < 4.78 is 40.6. The van der Waals surface area contributed by atoms with E-state index < -0.39 is 5.82 Å². The van der Waals surface area contributed by atoms with Crippen molar-refractivity contribution in [2.45, 2.75) is 30.5 Å². The number of thioether (sulfide) groups is 1. The van der Waals surface area contributed by atoms with Crippen LogP contribution in [-0.4, -0.2) is 28.5 Å². The van der Waals surface area contributed by atoms with Crippen LogP contribution in [-0.2, 0) is 17.1 Å². The Bertz CT molecular complexity index is 950. The van der Waals surface area contributed by atoms with Gasteiger partial charge in [-0.1, -0.05) is 41.6 Å². The molecule has 3 aromatic rings. The fourth-order valence-corrected chi connectivity index (χ4v) is 4.17. The maximum Gasteiger partial charge on any atom is 0.191 e. The monoisotopic (exact) mass is 439 g/mol. The molecule has 2 aromatic carbocycles. The molecule has 9 heteroatoms. The van der Waals surface area contributed by atoms with Crippen molar-refractivity contribution in [3.8, 4) is 5.75 Å². The number of halogens is 3. The number of hydrogen-bond acceptors (Lipinski definition) is 5. The molecule has 0 bridgehead atoms. The molecule has 0 aliphatic heterocycles. The fraction of sp³-hybridized carbons (Fsp3) is 0.300. The minimum absolute atomic E-state index is 0.0308. The van der Waals surface area contributed by atoms with Crippen LogP contribution in [0.5, 0.6) is 5.75 Å². The highest BCUT2D eigenvalue weighted by molar-refractivity contribution is 7.98. The third kappa shape index (κ3) is 5.26. The first-order chi connectivity index (χ1) is 14.0. The molecule has 5 nitrogen and oxygen atoms in total. The van der Waals surface area contributed by atoms with Crippen LogP contribution in [0.3, 0.4) is 0 Å². The lowest BCUT2D eigenvalue weighted by Crippen LogP contribution is -2.16. The van der Waals surface area contributed by atoms with E-state index in [9.17, 15) is 8.78 Å². The molecule has 0 aliphatic rings. The minimum Gasteiger partial charge on any atom is -0.483 e. The lowest BCUT2D eigenvalue weighted by atomic mass is 10.2. The Balaban J connectivity index is 1.81. The van der Waals surface area contributed by atoms with Crippen molar-refractivity contribution in [2.24, 2.45) is 0 Å². The van der Waals surface area contributed by atoms with E-state index in [1.54, 1.807) is 37.4 Å². The third-order valence-electron chi connectivity index (χ3n) is 4.18. The van der Waals surface area contributed by atoms with Crippen LogP contribution in [0.2, 0.25) is 5.02 Å². The number of hydrogen-bond donors (Lipinski definition) is 0. The Kier molecular flexibility index (Phi) is 7.46. The normalized spacial score (nSPS) is 12.2. The smallest absolute Gasteiger partial charge is 0.191 e. The standard InChI is InChI=1S/C20H20ClF2N3O2S/c1-13(10-27-2)26-19(11-28-18-9-4-3-7-17(18)23)24-25-20(26)29-12-14-15(21)6-5-8-16(14)22/h3-9,13H,10-12H2,1-2H3/t13-/m0/s1. The summed E-state index contributed by atoms with van der Waals surface area (Å²) in [5.74, 6) is 0.113. The van der Waals surface area contributed by atoms with Crippen molar-refractivity contribution in [3.05, 3.63) is 70.5 Å². The van der Waals surface area contributed by atoms with Gasteiger partial charge in [-0.25, -0.2) is 8.78 Å². The molecule has 154 valence electrons. The van der Waals surface area contributed by atoms with Gasteiger partial charge in [0.05, 0.1) is 12.6 Å². The number of ether oxygens (including phenoxy) is 2. The molecule has 0 saturated carbocycles. The van der Waals surface area contributed by atoms with Gasteiger partial charge in [0.1, 0.15) is 12.4 Å². The van der Waals surface area contributed by atoms with E-state index in [-0.39, 0.29) is 30.0 Å². The number of benzene rings is 2. The van der Waals surface area contributed by atoms with Crippen LogP contribution < -0.4 is 4.74 Å². The first-order valence-corrected chi connectivity index (χ1v) is 10.2. The Morgan fingerprint density at radius 3 is 2.59 bits per heavy atom. The van der Waals surface area contributed by atoms with Crippen LogP contribution in [0, 0.1) is 11.6 Å². The largest absolute Gasteiger partial charge is 0.483 e. The molecule has 0 radical (unpaired) electrons. The van der Waals surface area contributed by atoms with Gasteiger partial charge in [-0.05, 0) is 31.2 Å². The Morgan fingerprint density at radius 1 is 1.10 bits per heavy atom. The maximum atomic E-state index is 14.1. The second-order valence-electron chi connectivity index (χ2n) is 6.28. The van der Waals surface area contributed by atoms with E-state index in [1.807, 2.05) is 11.5 Å². The SMILES string of the molecule is COC[C@H](C)n1c(COc2ccccc2F)nnc1SCc1c(F)cccc1Cl. The van der Waals surface area contributed by atoms with Crippen molar-refractivity contribution in [1.82, 2.24) is 14.8 Å². The van der Waals surface area contributed by atoms with Gasteiger partial charge in [0, 0.05) is 23.4 Å². The van der Waals surface area contributed by atoms with Crippen LogP contribution in [0.1, 0.15) is 24.4 Å². The summed E-state index contributed by atoms with van der Waals surface area (Å²) in [5.41, 5.74) is 0.400. The first-order valence-electron chi connectivity index (χ1n) is 8.87. The summed E-state index contributed by atoms with van der Waals surface area (Å²) in [6, 6.07) is 10.6. The Hall–Kier alpha value is -2.16. The minimum atomic E-state index is -0.452. The molecule has 0 N–H and O–H groups in total. The predicted octanol–water partition coefficient (Wildman–Crippen LogP) is 5.29. The van der Waals surface area contributed by atoms with Gasteiger partial charge in [0.25, 0.3) is 0 Å². The predicted molar refractivity (Wildman–Crippen MR) is 108 cm³/mol. The van der Waals surface area contributed by atoms with Crippen LogP contribution >= 0.6 is 23.4 Å². The molecule has 1 heterocycles. The molecule has 3 rings (SSSR count). The van der Waals surface area contributed by atoms with Gasteiger partial charge >= 0.3 is 0 Å². The number of aromatic nitrogens is 3. The van der Waals surface area contributed by atoms with E-state index in [1.165, 1.54) is 23.9 Å². The quantitative estimate of drug-likeness (QED) is 0.424. The van der Waals surface area contributed by atoms with Crippen LogP contribution in [0.4, 0.5) is 8.78 Å². The molecule has 0 amide bonds. The van der Waals surface area contributed by atoms with E-state index in [4.69, 9.17) is 21.1 Å². The lowest BCUT2D eigenvalue weighted by Gasteiger charge is -2.17. The van der Waals surface area contributed by atoms with Crippen molar-refractivity contribution in [2.75, 3.05) is 13.7 Å². The fourth-order valence-electron chi connectivity index (χ4n) is 2.77.